The van der Waals surface area contributed by atoms with E-state index >= 15 is 0 Å². The van der Waals surface area contributed by atoms with Crippen molar-refractivity contribution in [1.82, 2.24) is 0 Å². The van der Waals surface area contributed by atoms with E-state index < -0.39 is 0 Å². The molecule has 2 rings (SSSR count). The van der Waals surface area contributed by atoms with Crippen LogP contribution in [0.5, 0.6) is 28.7 Å². The Balaban J connectivity index is 2.06. The van der Waals surface area contributed by atoms with E-state index in [1.165, 1.54) is 7.11 Å². The van der Waals surface area contributed by atoms with Crippen LogP contribution in [-0.2, 0) is 12.8 Å². The van der Waals surface area contributed by atoms with Crippen molar-refractivity contribution in [1.29, 1.82) is 0 Å². The van der Waals surface area contributed by atoms with Crippen LogP contribution in [0.4, 0.5) is 0 Å². The molecule has 0 radical (unpaired) electrons. The molecule has 0 atom stereocenters. The van der Waals surface area contributed by atoms with Crippen molar-refractivity contribution in [3.8, 4) is 28.7 Å². The summed E-state index contributed by atoms with van der Waals surface area (Å²) in [6.45, 7) is 0. The fourth-order valence-corrected chi connectivity index (χ4v) is 2.50. The molecule has 0 aromatic heterocycles. The van der Waals surface area contributed by atoms with Crippen LogP contribution < -0.4 is 14.2 Å². The second-order valence-electron chi connectivity index (χ2n) is 5.19. The van der Waals surface area contributed by atoms with E-state index in [4.69, 9.17) is 14.2 Å². The SMILES string of the molecule is COc1cc(O)c(CCCc2ccc(O)c(OC)c2)c(OC)c1. The number of benzene rings is 2. The molecule has 0 aliphatic heterocycles. The van der Waals surface area contributed by atoms with Crippen molar-refractivity contribution in [2.75, 3.05) is 21.3 Å². The molecule has 0 spiro atoms. The van der Waals surface area contributed by atoms with Gasteiger partial charge in [0.15, 0.2) is 11.5 Å². The second-order valence-corrected chi connectivity index (χ2v) is 5.19. The molecule has 2 aromatic carbocycles. The minimum atomic E-state index is 0.130. The predicted octanol–water partition coefficient (Wildman–Crippen LogP) is 3.30. The van der Waals surface area contributed by atoms with Crippen LogP contribution in [0.25, 0.3) is 0 Å². The molecule has 0 aliphatic carbocycles. The normalized spacial score (nSPS) is 10.4. The first-order chi connectivity index (χ1) is 11.1. The summed E-state index contributed by atoms with van der Waals surface area (Å²) in [5.74, 6) is 1.94. The average molecular weight is 318 g/mol. The molecular formula is C18H22O5. The molecule has 0 bridgehead atoms. The molecule has 2 N–H and O–H groups in total. The molecule has 0 amide bonds. The molecule has 5 heteroatoms. The first-order valence-electron chi connectivity index (χ1n) is 7.38. The lowest BCUT2D eigenvalue weighted by Gasteiger charge is -2.13. The van der Waals surface area contributed by atoms with Gasteiger partial charge in [-0.05, 0) is 37.0 Å². The molecule has 2 aromatic rings. The quantitative estimate of drug-likeness (QED) is 0.820. The third-order valence-electron chi connectivity index (χ3n) is 3.75. The number of ether oxygens (including phenoxy) is 3. The van der Waals surface area contributed by atoms with E-state index in [0.717, 1.165) is 24.0 Å². The van der Waals surface area contributed by atoms with Gasteiger partial charge in [0.1, 0.15) is 17.2 Å². The molecule has 0 saturated heterocycles. The van der Waals surface area contributed by atoms with Crippen LogP contribution in [0.15, 0.2) is 30.3 Å². The van der Waals surface area contributed by atoms with Gasteiger partial charge < -0.3 is 24.4 Å². The van der Waals surface area contributed by atoms with Gasteiger partial charge in [0.25, 0.3) is 0 Å². The standard InChI is InChI=1S/C18H22O5/c1-21-13-10-16(20)14(17(11-13)22-2)6-4-5-12-7-8-15(19)18(9-12)23-3/h7-11,19-20H,4-6H2,1-3H3. The van der Waals surface area contributed by atoms with Crippen LogP contribution in [0.2, 0.25) is 0 Å². The van der Waals surface area contributed by atoms with Gasteiger partial charge in [-0.15, -0.1) is 0 Å². The van der Waals surface area contributed by atoms with Crippen molar-refractivity contribution in [2.24, 2.45) is 0 Å². The van der Waals surface area contributed by atoms with Crippen LogP contribution in [0, 0.1) is 0 Å². The fraction of sp³-hybridized carbons (Fsp3) is 0.333. The minimum Gasteiger partial charge on any atom is -0.507 e. The van der Waals surface area contributed by atoms with Crippen LogP contribution in [0.1, 0.15) is 17.5 Å². The van der Waals surface area contributed by atoms with Gasteiger partial charge in [-0.3, -0.25) is 0 Å². The monoisotopic (exact) mass is 318 g/mol. The Labute approximate surface area is 136 Å². The number of phenolic OH excluding ortho intramolecular Hbond substituents is 2. The summed E-state index contributed by atoms with van der Waals surface area (Å²) in [5.41, 5.74) is 1.82. The number of aryl methyl sites for hydroxylation is 1. The lowest BCUT2D eigenvalue weighted by Crippen LogP contribution is -1.97. The number of rotatable bonds is 7. The van der Waals surface area contributed by atoms with E-state index in [2.05, 4.69) is 0 Å². The Morgan fingerprint density at radius 3 is 2.17 bits per heavy atom. The summed E-state index contributed by atoms with van der Waals surface area (Å²) in [6.07, 6.45) is 2.29. The third-order valence-corrected chi connectivity index (χ3v) is 3.75. The highest BCUT2D eigenvalue weighted by atomic mass is 16.5. The van der Waals surface area contributed by atoms with Crippen molar-refractivity contribution < 1.29 is 24.4 Å². The van der Waals surface area contributed by atoms with Crippen molar-refractivity contribution in [2.45, 2.75) is 19.3 Å². The lowest BCUT2D eigenvalue weighted by molar-refractivity contribution is 0.373. The first kappa shape index (κ1) is 16.8. The van der Waals surface area contributed by atoms with Crippen molar-refractivity contribution in [3.63, 3.8) is 0 Å². The van der Waals surface area contributed by atoms with Gasteiger partial charge in [-0.1, -0.05) is 6.07 Å². The van der Waals surface area contributed by atoms with E-state index in [1.807, 2.05) is 12.1 Å². The predicted molar refractivity (Wildman–Crippen MR) is 87.9 cm³/mol. The summed E-state index contributed by atoms with van der Waals surface area (Å²) in [6, 6.07) is 8.66. The number of phenols is 2. The largest absolute Gasteiger partial charge is 0.507 e. The van der Waals surface area contributed by atoms with E-state index in [0.29, 0.717) is 23.7 Å². The third kappa shape index (κ3) is 4.00. The van der Waals surface area contributed by atoms with E-state index in [9.17, 15) is 10.2 Å². The molecule has 124 valence electrons. The summed E-state index contributed by atoms with van der Waals surface area (Å²) >= 11 is 0. The molecule has 0 aliphatic rings. The minimum absolute atomic E-state index is 0.130. The molecule has 23 heavy (non-hydrogen) atoms. The van der Waals surface area contributed by atoms with Crippen LogP contribution >= 0.6 is 0 Å². The Kier molecular flexibility index (Phi) is 5.57. The zero-order chi connectivity index (χ0) is 16.8. The highest BCUT2D eigenvalue weighted by Crippen LogP contribution is 2.34. The lowest BCUT2D eigenvalue weighted by atomic mass is 10.0. The van der Waals surface area contributed by atoms with Crippen LogP contribution in [-0.4, -0.2) is 31.5 Å². The van der Waals surface area contributed by atoms with E-state index in [1.54, 1.807) is 32.4 Å². The zero-order valence-electron chi connectivity index (χ0n) is 13.6. The Hall–Kier alpha value is -2.56. The van der Waals surface area contributed by atoms with Crippen molar-refractivity contribution in [3.05, 3.63) is 41.5 Å². The summed E-state index contributed by atoms with van der Waals surface area (Å²) in [7, 11) is 4.65. The van der Waals surface area contributed by atoms with E-state index in [-0.39, 0.29) is 11.5 Å². The molecule has 0 unspecified atom stereocenters. The van der Waals surface area contributed by atoms with Gasteiger partial charge in [0.05, 0.1) is 21.3 Å². The number of hydrogen-bond acceptors (Lipinski definition) is 5. The maximum Gasteiger partial charge on any atom is 0.160 e. The molecule has 0 fully saturated rings. The van der Waals surface area contributed by atoms with Gasteiger partial charge in [0.2, 0.25) is 0 Å². The smallest absolute Gasteiger partial charge is 0.160 e. The summed E-state index contributed by atoms with van der Waals surface area (Å²) in [4.78, 5) is 0. The van der Waals surface area contributed by atoms with Crippen LogP contribution in [0.3, 0.4) is 0 Å². The first-order valence-corrected chi connectivity index (χ1v) is 7.38. The van der Waals surface area contributed by atoms with Gasteiger partial charge in [-0.25, -0.2) is 0 Å². The molecule has 5 nitrogen and oxygen atoms in total. The zero-order valence-corrected chi connectivity index (χ0v) is 13.6. The number of methoxy groups -OCH3 is 3. The second kappa shape index (κ2) is 7.63. The highest BCUT2D eigenvalue weighted by molar-refractivity contribution is 5.50. The fourth-order valence-electron chi connectivity index (χ4n) is 2.50. The summed E-state index contributed by atoms with van der Waals surface area (Å²) in [5, 5.41) is 19.7. The van der Waals surface area contributed by atoms with Gasteiger partial charge in [0, 0.05) is 17.7 Å². The number of aromatic hydroxyl groups is 2. The number of hydrogen-bond donors (Lipinski definition) is 2. The maximum atomic E-state index is 10.1. The van der Waals surface area contributed by atoms with Gasteiger partial charge >= 0.3 is 0 Å². The van der Waals surface area contributed by atoms with Crippen molar-refractivity contribution >= 4 is 0 Å². The molecule has 0 heterocycles. The summed E-state index contributed by atoms with van der Waals surface area (Å²) < 4.78 is 15.6. The highest BCUT2D eigenvalue weighted by Gasteiger charge is 2.12. The topological polar surface area (TPSA) is 68.2 Å². The Morgan fingerprint density at radius 2 is 1.52 bits per heavy atom. The average Bonchev–Trinajstić information content (AvgIpc) is 2.57. The molecule has 0 saturated carbocycles. The Morgan fingerprint density at radius 1 is 0.783 bits per heavy atom. The Bertz CT molecular complexity index is 667. The molecular weight excluding hydrogens is 296 g/mol. The van der Waals surface area contributed by atoms with Gasteiger partial charge in [-0.2, -0.15) is 0 Å². The maximum absolute atomic E-state index is 10.1.